The summed E-state index contributed by atoms with van der Waals surface area (Å²) in [4.78, 5) is 13.9. The molecule has 0 radical (unpaired) electrons. The van der Waals surface area contributed by atoms with Gasteiger partial charge >= 0.3 is 5.97 Å². The lowest BCUT2D eigenvalue weighted by Gasteiger charge is -1.91. The van der Waals surface area contributed by atoms with Crippen molar-refractivity contribution in [1.82, 2.24) is 15.2 Å². The number of aromatic amines is 1. The van der Waals surface area contributed by atoms with Crippen molar-refractivity contribution in [3.05, 3.63) is 11.1 Å². The Morgan fingerprint density at radius 2 is 2.42 bits per heavy atom. The summed E-state index contributed by atoms with van der Waals surface area (Å²) in [6.07, 6.45) is 1.24. The normalized spacial score (nSPS) is 10.1. The molecule has 0 unspecified atom stereocenters. The third kappa shape index (κ3) is 2.87. The fourth-order valence-corrected chi connectivity index (χ4v) is 0.935. The summed E-state index contributed by atoms with van der Waals surface area (Å²) in [5, 5.41) is 14.7. The van der Waals surface area contributed by atoms with Crippen molar-refractivity contribution in [2.45, 2.75) is 19.3 Å². The van der Waals surface area contributed by atoms with Gasteiger partial charge in [0.15, 0.2) is 0 Å². The van der Waals surface area contributed by atoms with Gasteiger partial charge in [0.1, 0.15) is 5.82 Å². The van der Waals surface area contributed by atoms with Crippen LogP contribution < -0.4 is 0 Å². The first-order valence-electron chi connectivity index (χ1n) is 3.47. The van der Waals surface area contributed by atoms with Gasteiger partial charge in [0, 0.05) is 12.8 Å². The van der Waals surface area contributed by atoms with Crippen molar-refractivity contribution in [2.24, 2.45) is 0 Å². The van der Waals surface area contributed by atoms with Crippen molar-refractivity contribution in [1.29, 1.82) is 0 Å². The van der Waals surface area contributed by atoms with E-state index in [1.807, 2.05) is 0 Å². The minimum atomic E-state index is -0.805. The molecule has 5 nitrogen and oxygen atoms in total. The number of aromatic nitrogens is 3. The van der Waals surface area contributed by atoms with Crippen LogP contribution in [0.1, 0.15) is 18.7 Å². The molecule has 2 N–H and O–H groups in total. The lowest BCUT2D eigenvalue weighted by atomic mass is 10.2. The first kappa shape index (κ1) is 8.99. The molecule has 1 aromatic rings. The van der Waals surface area contributed by atoms with Crippen LogP contribution in [0, 0.1) is 0 Å². The van der Waals surface area contributed by atoms with E-state index in [4.69, 9.17) is 16.7 Å². The van der Waals surface area contributed by atoms with E-state index in [0.29, 0.717) is 18.7 Å². The topological polar surface area (TPSA) is 78.9 Å². The Labute approximate surface area is 73.8 Å². The summed E-state index contributed by atoms with van der Waals surface area (Å²) in [5.41, 5.74) is 0. The maximum Gasteiger partial charge on any atom is 0.303 e. The number of H-pyrrole nitrogens is 1. The smallest absolute Gasteiger partial charge is 0.303 e. The number of aliphatic carboxylic acids is 1. The summed E-state index contributed by atoms with van der Waals surface area (Å²) in [6, 6.07) is 0. The molecule has 12 heavy (non-hydrogen) atoms. The molecule has 0 aliphatic heterocycles. The maximum atomic E-state index is 10.1. The first-order chi connectivity index (χ1) is 5.68. The van der Waals surface area contributed by atoms with Crippen LogP contribution in [0.25, 0.3) is 0 Å². The largest absolute Gasteiger partial charge is 0.481 e. The Morgan fingerprint density at radius 1 is 1.67 bits per heavy atom. The number of rotatable bonds is 4. The lowest BCUT2D eigenvalue weighted by Crippen LogP contribution is -1.96. The Kier molecular flexibility index (Phi) is 3.04. The van der Waals surface area contributed by atoms with Crippen LogP contribution in [0.2, 0.25) is 5.28 Å². The fourth-order valence-electron chi connectivity index (χ4n) is 0.791. The Balaban J connectivity index is 2.29. The number of halogens is 1. The quantitative estimate of drug-likeness (QED) is 0.737. The van der Waals surface area contributed by atoms with E-state index in [9.17, 15) is 4.79 Å². The Bertz CT molecular complexity index is 274. The highest BCUT2D eigenvalue weighted by molar-refractivity contribution is 6.28. The molecule has 0 saturated heterocycles. The van der Waals surface area contributed by atoms with E-state index < -0.39 is 5.97 Å². The number of hydrogen-bond donors (Lipinski definition) is 2. The van der Waals surface area contributed by atoms with Gasteiger partial charge in [0.25, 0.3) is 0 Å². The van der Waals surface area contributed by atoms with E-state index in [1.165, 1.54) is 0 Å². The van der Waals surface area contributed by atoms with Crippen LogP contribution >= 0.6 is 11.6 Å². The number of hydrogen-bond acceptors (Lipinski definition) is 3. The van der Waals surface area contributed by atoms with Crippen LogP contribution in [-0.2, 0) is 11.2 Å². The van der Waals surface area contributed by atoms with Gasteiger partial charge in [-0.05, 0) is 18.0 Å². The third-order valence-corrected chi connectivity index (χ3v) is 1.48. The summed E-state index contributed by atoms with van der Waals surface area (Å²) < 4.78 is 0. The van der Waals surface area contributed by atoms with Crippen molar-refractivity contribution in [3.63, 3.8) is 0 Å². The number of nitrogens with one attached hydrogen (secondary N) is 1. The second kappa shape index (κ2) is 4.06. The highest BCUT2D eigenvalue weighted by Gasteiger charge is 2.01. The number of nitrogens with zero attached hydrogens (tertiary/aromatic N) is 2. The molecule has 0 fully saturated rings. The van der Waals surface area contributed by atoms with Crippen LogP contribution in [0.4, 0.5) is 0 Å². The third-order valence-electron chi connectivity index (χ3n) is 1.31. The van der Waals surface area contributed by atoms with E-state index in [1.54, 1.807) is 0 Å². The second-order valence-electron chi connectivity index (χ2n) is 2.30. The summed E-state index contributed by atoms with van der Waals surface area (Å²) >= 11 is 5.43. The van der Waals surface area contributed by atoms with Gasteiger partial charge < -0.3 is 5.11 Å². The highest BCUT2D eigenvalue weighted by atomic mass is 35.5. The predicted octanol–water partition coefficient (Wildman–Crippen LogP) is 0.865. The molecule has 0 amide bonds. The van der Waals surface area contributed by atoms with E-state index in [0.717, 1.165) is 0 Å². The number of carboxylic acid groups (broad SMARTS) is 1. The molecule has 6 heteroatoms. The minimum Gasteiger partial charge on any atom is -0.481 e. The fraction of sp³-hybridized carbons (Fsp3) is 0.500. The highest BCUT2D eigenvalue weighted by Crippen LogP contribution is 2.02. The van der Waals surface area contributed by atoms with Gasteiger partial charge in [-0.3, -0.25) is 9.89 Å². The minimum absolute atomic E-state index is 0.137. The van der Waals surface area contributed by atoms with Gasteiger partial charge in [0.2, 0.25) is 5.28 Å². The molecule has 0 aliphatic carbocycles. The van der Waals surface area contributed by atoms with Crippen molar-refractivity contribution < 1.29 is 9.90 Å². The molecule has 0 bridgehead atoms. The Morgan fingerprint density at radius 3 is 2.92 bits per heavy atom. The van der Waals surface area contributed by atoms with Crippen LogP contribution in [0.15, 0.2) is 0 Å². The van der Waals surface area contributed by atoms with Crippen LogP contribution in [0.5, 0.6) is 0 Å². The van der Waals surface area contributed by atoms with Gasteiger partial charge in [-0.25, -0.2) is 4.98 Å². The summed E-state index contributed by atoms with van der Waals surface area (Å²) in [6.45, 7) is 0. The molecular weight excluding hydrogens is 182 g/mol. The monoisotopic (exact) mass is 189 g/mol. The molecule has 1 heterocycles. The van der Waals surface area contributed by atoms with Crippen molar-refractivity contribution in [3.8, 4) is 0 Å². The average Bonchev–Trinajstić information content (AvgIpc) is 2.35. The lowest BCUT2D eigenvalue weighted by molar-refractivity contribution is -0.137. The van der Waals surface area contributed by atoms with Crippen molar-refractivity contribution >= 4 is 17.6 Å². The molecule has 1 aromatic heterocycles. The standard InChI is InChI=1S/C6H8ClN3O2/c7-6-8-4(9-10-6)2-1-3-5(11)12/h1-3H2,(H,11,12)(H,8,9,10). The predicted molar refractivity (Wildman–Crippen MR) is 42.0 cm³/mol. The number of carbonyl (C=O) groups is 1. The van der Waals surface area contributed by atoms with Crippen LogP contribution in [0.3, 0.4) is 0 Å². The van der Waals surface area contributed by atoms with Gasteiger partial charge in [-0.1, -0.05) is 0 Å². The van der Waals surface area contributed by atoms with Gasteiger partial charge in [-0.15, -0.1) is 5.10 Å². The molecule has 0 aliphatic rings. The SMILES string of the molecule is O=C(O)CCCc1nc(Cl)n[nH]1. The zero-order valence-corrected chi connectivity index (χ0v) is 7.01. The molecular formula is C6H8ClN3O2. The second-order valence-corrected chi connectivity index (χ2v) is 2.64. The molecule has 0 aromatic carbocycles. The molecule has 66 valence electrons. The zero-order chi connectivity index (χ0) is 8.97. The molecule has 0 saturated carbocycles. The van der Waals surface area contributed by atoms with Gasteiger partial charge in [-0.2, -0.15) is 0 Å². The van der Waals surface area contributed by atoms with Crippen molar-refractivity contribution in [2.75, 3.05) is 0 Å². The molecule has 1 rings (SSSR count). The summed E-state index contributed by atoms with van der Waals surface area (Å²) in [5.74, 6) is -0.179. The van der Waals surface area contributed by atoms with E-state index in [-0.39, 0.29) is 11.7 Å². The van der Waals surface area contributed by atoms with Gasteiger partial charge in [0.05, 0.1) is 0 Å². The van der Waals surface area contributed by atoms with Crippen LogP contribution in [-0.4, -0.2) is 26.3 Å². The van der Waals surface area contributed by atoms with E-state index >= 15 is 0 Å². The zero-order valence-electron chi connectivity index (χ0n) is 6.25. The number of carboxylic acids is 1. The molecule has 0 atom stereocenters. The van der Waals surface area contributed by atoms with E-state index in [2.05, 4.69) is 15.2 Å². The molecule has 0 spiro atoms. The Hall–Kier alpha value is -1.10. The number of aryl methyl sites for hydroxylation is 1. The maximum absolute atomic E-state index is 10.1. The average molecular weight is 190 g/mol. The summed E-state index contributed by atoms with van der Waals surface area (Å²) in [7, 11) is 0. The first-order valence-corrected chi connectivity index (χ1v) is 3.85.